The van der Waals surface area contributed by atoms with Crippen molar-refractivity contribution in [3.63, 3.8) is 0 Å². The van der Waals surface area contributed by atoms with Gasteiger partial charge in [0, 0.05) is 51.7 Å². The van der Waals surface area contributed by atoms with Crippen LogP contribution in [0.1, 0.15) is 16.8 Å². The van der Waals surface area contributed by atoms with E-state index in [-0.39, 0.29) is 17.3 Å². The largest absolute Gasteiger partial charge is 0.481 e. The minimum absolute atomic E-state index is 0.166. The Morgan fingerprint density at radius 2 is 1.96 bits per heavy atom. The van der Waals surface area contributed by atoms with Crippen LogP contribution < -0.4 is 4.74 Å². The normalized spacial score (nSPS) is 16.3. The van der Waals surface area contributed by atoms with Gasteiger partial charge < -0.3 is 9.64 Å². The van der Waals surface area contributed by atoms with Gasteiger partial charge in [0.1, 0.15) is 4.90 Å². The molecule has 0 saturated carbocycles. The van der Waals surface area contributed by atoms with Crippen LogP contribution in [0.3, 0.4) is 0 Å². The zero-order valence-electron chi connectivity index (χ0n) is 14.7. The lowest BCUT2D eigenvalue weighted by molar-refractivity contribution is 0.0763. The van der Waals surface area contributed by atoms with Crippen molar-refractivity contribution in [2.45, 2.75) is 11.3 Å². The molecule has 0 unspecified atom stereocenters. The Morgan fingerprint density at radius 3 is 2.58 bits per heavy atom. The zero-order chi connectivity index (χ0) is 18.7. The van der Waals surface area contributed by atoms with Crippen molar-refractivity contribution in [1.29, 1.82) is 0 Å². The molecule has 2 aromatic rings. The average molecular weight is 379 g/mol. The molecule has 2 aromatic heterocycles. The highest BCUT2D eigenvalue weighted by atomic mass is 32.2. The van der Waals surface area contributed by atoms with Crippen LogP contribution in [-0.4, -0.2) is 71.6 Å². The van der Waals surface area contributed by atoms with Crippen LogP contribution in [0.25, 0.3) is 0 Å². The number of nitrogens with zero attached hydrogens (tertiary/aromatic N) is 5. The summed E-state index contributed by atoms with van der Waals surface area (Å²) >= 11 is 0. The lowest BCUT2D eigenvalue weighted by Gasteiger charge is -2.21. The maximum Gasteiger partial charge on any atom is 0.255 e. The van der Waals surface area contributed by atoms with Gasteiger partial charge in [-0.05, 0) is 12.5 Å². The molecule has 0 spiro atoms. The molecular weight excluding hydrogens is 358 g/mol. The van der Waals surface area contributed by atoms with Gasteiger partial charge in [-0.1, -0.05) is 0 Å². The van der Waals surface area contributed by atoms with E-state index in [1.807, 2.05) is 0 Å². The van der Waals surface area contributed by atoms with E-state index in [1.165, 1.54) is 34.7 Å². The first-order valence-corrected chi connectivity index (χ1v) is 9.64. The van der Waals surface area contributed by atoms with Crippen molar-refractivity contribution in [1.82, 2.24) is 24.0 Å². The highest BCUT2D eigenvalue weighted by Crippen LogP contribution is 2.18. The van der Waals surface area contributed by atoms with Crippen LogP contribution in [0.5, 0.6) is 5.88 Å². The third-order valence-electron chi connectivity index (χ3n) is 4.25. The maximum atomic E-state index is 12.7. The number of carbonyl (C=O) groups is 1. The minimum Gasteiger partial charge on any atom is -0.481 e. The predicted octanol–water partition coefficient (Wildman–Crippen LogP) is 0.361. The molecule has 0 aliphatic carbocycles. The first kappa shape index (κ1) is 18.3. The average Bonchev–Trinajstić information content (AvgIpc) is 2.94. The fourth-order valence-corrected chi connectivity index (χ4v) is 4.28. The van der Waals surface area contributed by atoms with Gasteiger partial charge in [0.15, 0.2) is 0 Å². The van der Waals surface area contributed by atoms with E-state index < -0.39 is 10.0 Å². The van der Waals surface area contributed by atoms with Gasteiger partial charge in [0.05, 0.1) is 18.9 Å². The number of ether oxygens (including phenoxy) is 1. The molecule has 1 saturated heterocycles. The first-order valence-electron chi connectivity index (χ1n) is 8.20. The van der Waals surface area contributed by atoms with Crippen LogP contribution >= 0.6 is 0 Å². The van der Waals surface area contributed by atoms with Gasteiger partial charge in [0.25, 0.3) is 5.91 Å². The fraction of sp³-hybridized carbons (Fsp3) is 0.438. The van der Waals surface area contributed by atoms with E-state index in [2.05, 4.69) is 10.1 Å². The maximum absolute atomic E-state index is 12.7. The number of aromatic nitrogens is 3. The molecule has 10 heteroatoms. The molecule has 1 aliphatic rings. The number of hydrogen-bond donors (Lipinski definition) is 0. The molecule has 26 heavy (non-hydrogen) atoms. The molecule has 9 nitrogen and oxygen atoms in total. The summed E-state index contributed by atoms with van der Waals surface area (Å²) in [6, 6.07) is 3.29. The highest BCUT2D eigenvalue weighted by molar-refractivity contribution is 7.89. The predicted molar refractivity (Wildman–Crippen MR) is 93.3 cm³/mol. The number of rotatable bonds is 4. The standard InChI is InChI=1S/C16H21N5O4S/c1-19-12-14(11-18-19)26(23,24)21-7-3-6-20(8-9-21)16(22)13-4-5-15(25-2)17-10-13/h4-5,10-12H,3,6-9H2,1-2H3. The molecule has 0 N–H and O–H groups in total. The zero-order valence-corrected chi connectivity index (χ0v) is 15.5. The summed E-state index contributed by atoms with van der Waals surface area (Å²) in [5, 5.41) is 3.93. The molecule has 0 aromatic carbocycles. The fourth-order valence-electron chi connectivity index (χ4n) is 2.83. The van der Waals surface area contributed by atoms with E-state index in [4.69, 9.17) is 4.74 Å². The molecule has 1 fully saturated rings. The number of amides is 1. The molecule has 0 atom stereocenters. The van der Waals surface area contributed by atoms with E-state index in [0.29, 0.717) is 37.5 Å². The highest BCUT2D eigenvalue weighted by Gasteiger charge is 2.29. The molecule has 0 radical (unpaired) electrons. The van der Waals surface area contributed by atoms with E-state index in [9.17, 15) is 13.2 Å². The van der Waals surface area contributed by atoms with Crippen LogP contribution in [0.4, 0.5) is 0 Å². The van der Waals surface area contributed by atoms with Crippen molar-refractivity contribution in [2.24, 2.45) is 7.05 Å². The molecule has 0 bridgehead atoms. The van der Waals surface area contributed by atoms with Gasteiger partial charge in [-0.25, -0.2) is 13.4 Å². The third-order valence-corrected chi connectivity index (χ3v) is 6.10. The summed E-state index contributed by atoms with van der Waals surface area (Å²) < 4.78 is 33.3. The van der Waals surface area contributed by atoms with E-state index in [1.54, 1.807) is 24.1 Å². The van der Waals surface area contributed by atoms with Crippen molar-refractivity contribution in [3.05, 3.63) is 36.3 Å². The molecule has 3 rings (SSSR count). The van der Waals surface area contributed by atoms with Crippen LogP contribution in [0.15, 0.2) is 35.6 Å². The van der Waals surface area contributed by atoms with Crippen LogP contribution in [0.2, 0.25) is 0 Å². The molecule has 1 aliphatic heterocycles. The summed E-state index contributed by atoms with van der Waals surface area (Å²) in [5.74, 6) is 0.270. The van der Waals surface area contributed by atoms with Crippen molar-refractivity contribution in [2.75, 3.05) is 33.3 Å². The summed E-state index contributed by atoms with van der Waals surface area (Å²) in [6.07, 6.45) is 4.85. The monoisotopic (exact) mass is 379 g/mol. The van der Waals surface area contributed by atoms with Crippen molar-refractivity contribution < 1.29 is 17.9 Å². The number of pyridine rings is 1. The van der Waals surface area contributed by atoms with Crippen LogP contribution in [0, 0.1) is 0 Å². The Kier molecular flexibility index (Phi) is 5.23. The Hall–Kier alpha value is -2.46. The second-order valence-corrected chi connectivity index (χ2v) is 7.93. The molecule has 140 valence electrons. The van der Waals surface area contributed by atoms with Gasteiger partial charge in [-0.2, -0.15) is 9.40 Å². The second kappa shape index (κ2) is 7.42. The lowest BCUT2D eigenvalue weighted by atomic mass is 10.2. The number of methoxy groups -OCH3 is 1. The first-order chi connectivity index (χ1) is 12.4. The Labute approximate surface area is 152 Å². The number of carbonyl (C=O) groups excluding carboxylic acids is 1. The van der Waals surface area contributed by atoms with Gasteiger partial charge in [-0.3, -0.25) is 9.48 Å². The number of hydrogen-bond acceptors (Lipinski definition) is 6. The molecule has 3 heterocycles. The molecule has 1 amide bonds. The lowest BCUT2D eigenvalue weighted by Crippen LogP contribution is -2.37. The SMILES string of the molecule is COc1ccc(C(=O)N2CCCN(S(=O)(=O)c3cnn(C)c3)CC2)cn1. The molecular formula is C16H21N5O4S. The number of sulfonamides is 1. The number of aryl methyl sites for hydroxylation is 1. The van der Waals surface area contributed by atoms with Gasteiger partial charge >= 0.3 is 0 Å². The minimum atomic E-state index is -3.60. The third kappa shape index (κ3) is 3.70. The van der Waals surface area contributed by atoms with Crippen molar-refractivity contribution in [3.8, 4) is 5.88 Å². The second-order valence-electron chi connectivity index (χ2n) is 5.99. The summed E-state index contributed by atoms with van der Waals surface area (Å²) in [4.78, 5) is 18.5. The van der Waals surface area contributed by atoms with E-state index >= 15 is 0 Å². The topological polar surface area (TPSA) is 97.6 Å². The summed E-state index contributed by atoms with van der Waals surface area (Å²) in [7, 11) is -0.423. The quantitative estimate of drug-likeness (QED) is 0.761. The van der Waals surface area contributed by atoms with Crippen molar-refractivity contribution >= 4 is 15.9 Å². The Morgan fingerprint density at radius 1 is 1.15 bits per heavy atom. The smallest absolute Gasteiger partial charge is 0.255 e. The summed E-state index contributed by atoms with van der Waals surface area (Å²) in [6.45, 7) is 1.42. The van der Waals surface area contributed by atoms with Gasteiger partial charge in [-0.15, -0.1) is 0 Å². The van der Waals surface area contributed by atoms with E-state index in [0.717, 1.165) is 0 Å². The Balaban J connectivity index is 1.70. The van der Waals surface area contributed by atoms with Gasteiger partial charge in [0.2, 0.25) is 15.9 Å². The Bertz CT molecular complexity index is 878. The van der Waals surface area contributed by atoms with Crippen LogP contribution in [-0.2, 0) is 17.1 Å². The summed E-state index contributed by atoms with van der Waals surface area (Å²) in [5.41, 5.74) is 0.453.